The lowest BCUT2D eigenvalue weighted by Gasteiger charge is -2.01. The van der Waals surface area contributed by atoms with Gasteiger partial charge in [-0.15, -0.1) is 0 Å². The first-order valence-corrected chi connectivity index (χ1v) is 6.51. The van der Waals surface area contributed by atoms with E-state index in [-0.39, 0.29) is 0 Å². The van der Waals surface area contributed by atoms with E-state index < -0.39 is 12.2 Å². The monoisotopic (exact) mass is 298 g/mol. The largest absolute Gasteiger partial charge is 0.458 e. The maximum Gasteiger partial charge on any atom is 0.458 e. The highest BCUT2D eigenvalue weighted by molar-refractivity contribution is 5.76. The second-order valence-corrected chi connectivity index (χ2v) is 4.57. The molecule has 0 bridgehead atoms. The average Bonchev–Trinajstić information content (AvgIpc) is 2.48. The molecule has 0 aliphatic rings. The van der Waals surface area contributed by atoms with E-state index in [0.29, 0.717) is 11.5 Å². The van der Waals surface area contributed by atoms with Gasteiger partial charge < -0.3 is 9.47 Å². The minimum absolute atomic E-state index is 0.321. The summed E-state index contributed by atoms with van der Waals surface area (Å²) in [7, 11) is 0. The van der Waals surface area contributed by atoms with Crippen LogP contribution in [0.15, 0.2) is 58.8 Å². The van der Waals surface area contributed by atoms with Crippen LogP contribution in [0.25, 0.3) is 0 Å². The van der Waals surface area contributed by atoms with Crippen molar-refractivity contribution in [1.29, 1.82) is 0 Å². The van der Waals surface area contributed by atoms with Gasteiger partial charge in [0, 0.05) is 0 Å². The Balaban J connectivity index is 1.89. The summed E-state index contributed by atoms with van der Waals surface area (Å²) in [5, 5.41) is 6.30. The van der Waals surface area contributed by atoms with Crippen molar-refractivity contribution in [3.05, 3.63) is 59.7 Å². The highest BCUT2D eigenvalue weighted by Gasteiger charge is 2.06. The maximum atomic E-state index is 11.4. The molecule has 0 unspecified atom stereocenters. The summed E-state index contributed by atoms with van der Waals surface area (Å²) in [6, 6.07) is 13.7. The molecule has 6 heteroatoms. The molecule has 2 amide bonds. The van der Waals surface area contributed by atoms with Crippen LogP contribution in [0.1, 0.15) is 11.1 Å². The summed E-state index contributed by atoms with van der Waals surface area (Å²) < 4.78 is 9.79. The van der Waals surface area contributed by atoms with E-state index in [1.54, 1.807) is 42.5 Å². The first-order chi connectivity index (χ1) is 10.5. The van der Waals surface area contributed by atoms with Gasteiger partial charge in [0.25, 0.3) is 0 Å². The van der Waals surface area contributed by atoms with Gasteiger partial charge in [0.2, 0.25) is 0 Å². The second kappa shape index (κ2) is 7.12. The van der Waals surface area contributed by atoms with Crippen molar-refractivity contribution in [2.45, 2.75) is 13.8 Å². The molecule has 0 heterocycles. The van der Waals surface area contributed by atoms with E-state index in [0.717, 1.165) is 11.1 Å². The van der Waals surface area contributed by atoms with Crippen molar-refractivity contribution >= 4 is 12.2 Å². The highest BCUT2D eigenvalue weighted by atomic mass is 16.6. The fourth-order valence-electron chi connectivity index (χ4n) is 1.61. The van der Waals surface area contributed by atoms with E-state index in [2.05, 4.69) is 10.2 Å². The Kier molecular flexibility index (Phi) is 4.98. The van der Waals surface area contributed by atoms with Gasteiger partial charge >= 0.3 is 12.2 Å². The zero-order valence-corrected chi connectivity index (χ0v) is 12.1. The van der Waals surface area contributed by atoms with Gasteiger partial charge in [0.15, 0.2) is 0 Å². The summed E-state index contributed by atoms with van der Waals surface area (Å²) in [6.07, 6.45) is -1.99. The number of rotatable bonds is 2. The van der Waals surface area contributed by atoms with Crippen LogP contribution in [0.5, 0.6) is 11.5 Å². The summed E-state index contributed by atoms with van der Waals surface area (Å²) in [6.45, 7) is 3.77. The molecule has 0 aliphatic carbocycles. The summed E-state index contributed by atoms with van der Waals surface area (Å²) in [5.74, 6) is 0.650. The number of hydrogen-bond acceptors (Lipinski definition) is 4. The number of benzene rings is 2. The van der Waals surface area contributed by atoms with E-state index in [1.807, 2.05) is 19.9 Å². The number of carbonyl (C=O) groups is 2. The molecular formula is C16H14N2O4. The van der Waals surface area contributed by atoms with Crippen molar-refractivity contribution in [1.82, 2.24) is 0 Å². The van der Waals surface area contributed by atoms with Crippen LogP contribution < -0.4 is 9.47 Å². The minimum Gasteiger partial charge on any atom is -0.408 e. The number of nitrogens with zero attached hydrogens (tertiary/aromatic N) is 2. The lowest BCUT2D eigenvalue weighted by Crippen LogP contribution is -2.05. The van der Waals surface area contributed by atoms with E-state index in [1.165, 1.54) is 0 Å². The van der Waals surface area contributed by atoms with Gasteiger partial charge in [-0.05, 0) is 43.7 Å². The standard InChI is InChI=1S/C16H14N2O4/c1-11-6-8-13(9-7-11)21-15(19)17-18-16(20)22-14-5-3-4-12(2)10-14/h3-10H,1-2H3. The molecule has 0 radical (unpaired) electrons. The zero-order chi connectivity index (χ0) is 15.9. The number of carbonyl (C=O) groups excluding carboxylic acids is 2. The number of hydrogen-bond donors (Lipinski definition) is 0. The summed E-state index contributed by atoms with van der Waals surface area (Å²) in [5.41, 5.74) is 1.96. The van der Waals surface area contributed by atoms with Gasteiger partial charge in [-0.2, -0.15) is 0 Å². The van der Waals surface area contributed by atoms with Crippen LogP contribution in [0.3, 0.4) is 0 Å². The molecule has 0 saturated heterocycles. The van der Waals surface area contributed by atoms with E-state index in [4.69, 9.17) is 9.47 Å². The summed E-state index contributed by atoms with van der Waals surface area (Å²) >= 11 is 0. The zero-order valence-electron chi connectivity index (χ0n) is 12.1. The second-order valence-electron chi connectivity index (χ2n) is 4.57. The molecule has 2 rings (SSSR count). The molecule has 6 nitrogen and oxygen atoms in total. The number of azo groups is 1. The quantitative estimate of drug-likeness (QED) is 0.767. The molecule has 0 N–H and O–H groups in total. The Morgan fingerprint density at radius 3 is 1.95 bits per heavy atom. The molecule has 0 fully saturated rings. The van der Waals surface area contributed by atoms with Crippen LogP contribution in [-0.4, -0.2) is 12.2 Å². The lowest BCUT2D eigenvalue weighted by molar-refractivity contribution is 0.200. The minimum atomic E-state index is -0.995. The number of aryl methyl sites for hydroxylation is 2. The molecule has 0 saturated carbocycles. The fourth-order valence-corrected chi connectivity index (χ4v) is 1.61. The molecule has 22 heavy (non-hydrogen) atoms. The average molecular weight is 298 g/mol. The van der Waals surface area contributed by atoms with E-state index in [9.17, 15) is 9.59 Å². The van der Waals surface area contributed by atoms with Gasteiger partial charge in [0.1, 0.15) is 11.5 Å². The smallest absolute Gasteiger partial charge is 0.408 e. The first-order valence-electron chi connectivity index (χ1n) is 6.51. The molecule has 0 aliphatic heterocycles. The molecule has 112 valence electrons. The van der Waals surface area contributed by atoms with Crippen LogP contribution in [0.4, 0.5) is 9.59 Å². The fraction of sp³-hybridized carbons (Fsp3) is 0.125. The number of amides is 2. The SMILES string of the molecule is Cc1ccc(OC(=O)N=NC(=O)Oc2cccc(C)c2)cc1. The molecular weight excluding hydrogens is 284 g/mol. The van der Waals surface area contributed by atoms with Gasteiger partial charge in [-0.25, -0.2) is 9.59 Å². The van der Waals surface area contributed by atoms with Gasteiger partial charge in [-0.1, -0.05) is 40.1 Å². The molecule has 0 atom stereocenters. The Bertz CT molecular complexity index is 708. The van der Waals surface area contributed by atoms with Crippen molar-refractivity contribution in [3.63, 3.8) is 0 Å². The number of ether oxygens (including phenoxy) is 2. The predicted octanol–water partition coefficient (Wildman–Crippen LogP) is 4.45. The Morgan fingerprint density at radius 2 is 1.36 bits per heavy atom. The third kappa shape index (κ3) is 4.82. The van der Waals surface area contributed by atoms with Crippen LogP contribution in [0, 0.1) is 13.8 Å². The molecule has 2 aromatic carbocycles. The van der Waals surface area contributed by atoms with Gasteiger partial charge in [-0.3, -0.25) is 0 Å². The third-order valence-electron chi connectivity index (χ3n) is 2.63. The first kappa shape index (κ1) is 15.4. The van der Waals surface area contributed by atoms with Crippen molar-refractivity contribution in [2.24, 2.45) is 10.2 Å². The Labute approximate surface area is 127 Å². The third-order valence-corrected chi connectivity index (χ3v) is 2.63. The lowest BCUT2D eigenvalue weighted by atomic mass is 10.2. The maximum absolute atomic E-state index is 11.4. The van der Waals surface area contributed by atoms with Crippen molar-refractivity contribution in [3.8, 4) is 11.5 Å². The van der Waals surface area contributed by atoms with Crippen LogP contribution in [0.2, 0.25) is 0 Å². The molecule has 0 spiro atoms. The highest BCUT2D eigenvalue weighted by Crippen LogP contribution is 2.14. The molecule has 2 aromatic rings. The van der Waals surface area contributed by atoms with Crippen LogP contribution in [-0.2, 0) is 0 Å². The Hall–Kier alpha value is -3.02. The Morgan fingerprint density at radius 1 is 0.773 bits per heavy atom. The van der Waals surface area contributed by atoms with Crippen molar-refractivity contribution < 1.29 is 19.1 Å². The molecule has 0 aromatic heterocycles. The van der Waals surface area contributed by atoms with E-state index >= 15 is 0 Å². The van der Waals surface area contributed by atoms with Crippen molar-refractivity contribution in [2.75, 3.05) is 0 Å². The topological polar surface area (TPSA) is 77.3 Å². The summed E-state index contributed by atoms with van der Waals surface area (Å²) in [4.78, 5) is 22.9. The normalized spacial score (nSPS) is 10.5. The van der Waals surface area contributed by atoms with Crippen LogP contribution >= 0.6 is 0 Å². The predicted molar refractivity (Wildman–Crippen MR) is 79.3 cm³/mol. The van der Waals surface area contributed by atoms with Gasteiger partial charge in [0.05, 0.1) is 0 Å².